The molecule has 2 aromatic heterocycles. The Labute approximate surface area is 415 Å². The van der Waals surface area contributed by atoms with Crippen LogP contribution < -0.4 is 0 Å². The molecule has 336 valence electrons. The van der Waals surface area contributed by atoms with Crippen LogP contribution in [0.3, 0.4) is 0 Å². The first kappa shape index (κ1) is 36.6. The molecule has 5 heteroatoms. The fourth-order valence-corrected chi connectivity index (χ4v) is 8.41. The van der Waals surface area contributed by atoms with Gasteiger partial charge >= 0.3 is 0 Å². The van der Waals surface area contributed by atoms with Crippen LogP contribution in [-0.2, 0) is 42.7 Å². The van der Waals surface area contributed by atoms with Crippen LogP contribution in [-0.4, -0.2) is 19.6 Å². The molecule has 0 unspecified atom stereocenters. The maximum Gasteiger partial charge on any atom is 0.148 e. The standard InChI is InChI=1S/C60H64N3O.Pt/c1-37-30-38(2)55(64)50(31-37)56-62-54-48(16-15-17-53(54)63(56)52-27-26-46(59(9,10)11)36-49(52)40-20-24-45(25-21-40)58(6,7)8)42-32-43(34-47(33-42)60(12,13)14)51-35-41(28-29-61-51)39-18-22-44(23-19-39)57(3,4)5;/h15-31,33-36,64H,1-14H3;/q-1;/i3D3,4D3,5D3;. The molecule has 1 N–H and O–H groups in total. The number of phenols is 1. The third-order valence-electron chi connectivity index (χ3n) is 12.2. The molecule has 0 bridgehead atoms. The zero-order valence-corrected chi connectivity index (χ0v) is 41.5. The number of aromatic hydroxyl groups is 1. The Morgan fingerprint density at radius 3 is 1.78 bits per heavy atom. The van der Waals surface area contributed by atoms with Crippen LogP contribution >= 0.6 is 0 Å². The number of hydrogen-bond donors (Lipinski definition) is 1. The van der Waals surface area contributed by atoms with Crippen molar-refractivity contribution in [3.63, 3.8) is 0 Å². The van der Waals surface area contributed by atoms with Gasteiger partial charge in [0, 0.05) is 50.9 Å². The zero-order valence-electron chi connectivity index (χ0n) is 48.2. The molecule has 0 aliphatic heterocycles. The first-order valence-corrected chi connectivity index (χ1v) is 22.0. The zero-order chi connectivity index (χ0) is 53.6. The fourth-order valence-electron chi connectivity index (χ4n) is 8.41. The second-order valence-corrected chi connectivity index (χ2v) is 20.4. The Balaban J connectivity index is 0.00000800. The number of pyridine rings is 1. The molecule has 0 saturated heterocycles. The van der Waals surface area contributed by atoms with Crippen LogP contribution in [0.15, 0.2) is 128 Å². The summed E-state index contributed by atoms with van der Waals surface area (Å²) in [7, 11) is 0. The van der Waals surface area contributed by atoms with Crippen molar-refractivity contribution in [1.82, 2.24) is 14.5 Å². The first-order chi connectivity index (χ1) is 33.7. The van der Waals surface area contributed by atoms with Crippen LogP contribution in [0, 0.1) is 19.9 Å². The van der Waals surface area contributed by atoms with E-state index in [4.69, 9.17) is 22.3 Å². The molecule has 0 amide bonds. The van der Waals surface area contributed by atoms with Crippen molar-refractivity contribution in [3.8, 4) is 67.5 Å². The normalized spacial score (nSPS) is 15.0. The Morgan fingerprint density at radius 2 is 1.15 bits per heavy atom. The van der Waals surface area contributed by atoms with E-state index in [9.17, 15) is 5.11 Å². The summed E-state index contributed by atoms with van der Waals surface area (Å²) in [5.74, 6) is 0.741. The minimum atomic E-state index is -3.37. The summed E-state index contributed by atoms with van der Waals surface area (Å²) >= 11 is 0. The largest absolute Gasteiger partial charge is 0.507 e. The molecule has 0 radical (unpaired) electrons. The molecule has 4 nitrogen and oxygen atoms in total. The first-order valence-electron chi connectivity index (χ1n) is 26.5. The van der Waals surface area contributed by atoms with Crippen molar-refractivity contribution < 1.29 is 38.5 Å². The van der Waals surface area contributed by atoms with Gasteiger partial charge in [0.25, 0.3) is 0 Å². The molecule has 0 spiro atoms. The molecule has 8 aromatic rings. The van der Waals surface area contributed by atoms with Gasteiger partial charge in [-0.2, -0.15) is 0 Å². The van der Waals surface area contributed by atoms with Crippen molar-refractivity contribution in [2.24, 2.45) is 0 Å². The summed E-state index contributed by atoms with van der Waals surface area (Å²) in [5.41, 5.74) is 10.6. The summed E-state index contributed by atoms with van der Waals surface area (Å²) in [5, 5.41) is 11.9. The summed E-state index contributed by atoms with van der Waals surface area (Å²) in [6.07, 6.45) is 1.66. The predicted molar refractivity (Wildman–Crippen MR) is 271 cm³/mol. The van der Waals surface area contributed by atoms with Gasteiger partial charge in [0.2, 0.25) is 0 Å². The molecule has 0 saturated carbocycles. The number of phenolic OH excluding ortho intramolecular Hbond substituents is 1. The summed E-state index contributed by atoms with van der Waals surface area (Å²) in [4.78, 5) is 10.3. The monoisotopic (exact) mass is 1050 g/mol. The van der Waals surface area contributed by atoms with Gasteiger partial charge < -0.3 is 5.11 Å². The summed E-state index contributed by atoms with van der Waals surface area (Å²) < 4.78 is 76.0. The Kier molecular flexibility index (Phi) is 9.77. The molecule has 0 aliphatic carbocycles. The second kappa shape index (κ2) is 17.3. The third kappa shape index (κ3) is 9.57. The smallest absolute Gasteiger partial charge is 0.148 e. The molecule has 0 fully saturated rings. The van der Waals surface area contributed by atoms with E-state index >= 15 is 0 Å². The fraction of sp³-hybridized carbons (Fsp3) is 0.300. The number of benzene rings is 6. The number of hydrogen-bond acceptors (Lipinski definition) is 3. The van der Waals surface area contributed by atoms with Crippen LogP contribution in [0.25, 0.3) is 72.7 Å². The van der Waals surface area contributed by atoms with E-state index in [0.29, 0.717) is 39.3 Å². The average molecular weight is 1050 g/mol. The number of imidazole rings is 1. The Bertz CT molecular complexity index is 3350. The van der Waals surface area contributed by atoms with E-state index in [1.54, 1.807) is 24.4 Å². The molecule has 0 atom stereocenters. The van der Waals surface area contributed by atoms with Gasteiger partial charge in [0.05, 0.1) is 22.3 Å². The molecular weight excluding hydrogens is 974 g/mol. The van der Waals surface area contributed by atoms with Crippen molar-refractivity contribution >= 4 is 11.0 Å². The quantitative estimate of drug-likeness (QED) is 0.169. The second-order valence-electron chi connectivity index (χ2n) is 20.4. The molecule has 65 heavy (non-hydrogen) atoms. The van der Waals surface area contributed by atoms with Crippen molar-refractivity contribution in [2.45, 2.75) is 118 Å². The maximum absolute atomic E-state index is 11.9. The van der Waals surface area contributed by atoms with Gasteiger partial charge in [-0.1, -0.05) is 173 Å². The van der Waals surface area contributed by atoms with Gasteiger partial charge in [-0.05, 0) is 110 Å². The van der Waals surface area contributed by atoms with Crippen molar-refractivity contribution in [2.75, 3.05) is 0 Å². The third-order valence-corrected chi connectivity index (χ3v) is 12.2. The van der Waals surface area contributed by atoms with E-state index in [0.717, 1.165) is 50.1 Å². The van der Waals surface area contributed by atoms with E-state index in [1.807, 2.05) is 44.2 Å². The average Bonchev–Trinajstić information content (AvgIpc) is 3.67. The van der Waals surface area contributed by atoms with E-state index in [2.05, 4.69) is 134 Å². The molecule has 8 rings (SSSR count). The van der Waals surface area contributed by atoms with Gasteiger partial charge in [-0.25, -0.2) is 4.98 Å². The van der Waals surface area contributed by atoms with Gasteiger partial charge in [0.1, 0.15) is 11.6 Å². The van der Waals surface area contributed by atoms with Crippen LogP contribution in [0.4, 0.5) is 0 Å². The van der Waals surface area contributed by atoms with E-state index in [-0.39, 0.29) is 48.6 Å². The topological polar surface area (TPSA) is 50.9 Å². The predicted octanol–water partition coefficient (Wildman–Crippen LogP) is 16.1. The van der Waals surface area contributed by atoms with Gasteiger partial charge in [-0.3, -0.25) is 9.55 Å². The molecule has 6 aromatic carbocycles. The minimum absolute atomic E-state index is 0. The minimum Gasteiger partial charge on any atom is -0.507 e. The van der Waals surface area contributed by atoms with Crippen molar-refractivity contribution in [1.29, 1.82) is 0 Å². The summed E-state index contributed by atoms with van der Waals surface area (Å²) in [6.45, 7) is 13.5. The Morgan fingerprint density at radius 1 is 0.554 bits per heavy atom. The number of para-hydroxylation sites is 1. The van der Waals surface area contributed by atoms with Crippen molar-refractivity contribution in [3.05, 3.63) is 167 Å². The van der Waals surface area contributed by atoms with Crippen LogP contribution in [0.5, 0.6) is 5.75 Å². The maximum atomic E-state index is 11.9. The molecule has 2 heterocycles. The number of fused-ring (bicyclic) bond motifs is 1. The van der Waals surface area contributed by atoms with Crippen LogP contribution in [0.2, 0.25) is 0 Å². The van der Waals surface area contributed by atoms with E-state index < -0.39 is 26.0 Å². The number of aromatic nitrogens is 3. The van der Waals surface area contributed by atoms with E-state index in [1.165, 1.54) is 23.3 Å². The Hall–Kier alpha value is -5.57. The number of rotatable bonds is 6. The summed E-state index contributed by atoms with van der Waals surface area (Å²) in [6, 6.07) is 42.8. The van der Waals surface area contributed by atoms with Gasteiger partial charge in [0.15, 0.2) is 0 Å². The SMILES string of the molecule is [2H]C([2H])([2H])C(c1ccc(-c2ccnc(-c3[c-]c(-c4cccc5c4nc(-c4cc(C)cc(C)c4O)n5-c4ccc(C(C)(C)C)cc4-c4ccc(C(C)(C)C)cc4)cc(C(C)(C)C)c3)c2)cc1)(C([2H])([2H])[2H])C([2H])([2H])[2H].[Pt]. The molecular formula is C60H64N3OPt-. The van der Waals surface area contributed by atoms with Gasteiger partial charge in [-0.15, -0.1) is 29.3 Å². The van der Waals surface area contributed by atoms with Crippen LogP contribution in [0.1, 0.15) is 129 Å². The number of aryl methyl sites for hydroxylation is 2. The number of nitrogens with zero attached hydrogens (tertiary/aromatic N) is 3. The molecule has 0 aliphatic rings.